The van der Waals surface area contributed by atoms with Crippen molar-refractivity contribution in [1.82, 2.24) is 14.7 Å². The van der Waals surface area contributed by atoms with E-state index in [1.807, 2.05) is 6.07 Å². The second-order valence-corrected chi connectivity index (χ2v) is 7.21. The van der Waals surface area contributed by atoms with Crippen molar-refractivity contribution in [1.29, 1.82) is 5.26 Å². The van der Waals surface area contributed by atoms with Gasteiger partial charge in [-0.05, 0) is 48.5 Å². The average molecular weight is 386 g/mol. The minimum atomic E-state index is -3.85. The monoisotopic (exact) mass is 386 g/mol. The van der Waals surface area contributed by atoms with Crippen LogP contribution in [0, 0.1) is 11.3 Å². The molecule has 0 unspecified atom stereocenters. The second kappa shape index (κ2) is 7.36. The Balaban J connectivity index is 1.68. The summed E-state index contributed by atoms with van der Waals surface area (Å²) in [5, 5.41) is 18.2. The summed E-state index contributed by atoms with van der Waals surface area (Å²) in [7, 11) is -3.85. The molecule has 0 fully saturated rings. The van der Waals surface area contributed by atoms with Crippen LogP contribution in [0.25, 0.3) is 0 Å². The molecule has 1 heterocycles. The smallest absolute Gasteiger partial charge is 0.326 e. The molecular weight excluding hydrogens is 372 g/mol. The van der Waals surface area contributed by atoms with E-state index in [0.29, 0.717) is 17.1 Å². The van der Waals surface area contributed by atoms with Gasteiger partial charge in [0.15, 0.2) is 0 Å². The number of imidazole rings is 1. The Morgan fingerprint density at radius 2 is 1.63 bits per heavy atom. The number of benzene rings is 2. The fraction of sp³-hybridized carbons (Fsp3) is 0.0588. The van der Waals surface area contributed by atoms with Crippen LogP contribution in [0.3, 0.4) is 0 Å². The van der Waals surface area contributed by atoms with Crippen LogP contribution in [-0.4, -0.2) is 23.5 Å². The lowest BCUT2D eigenvalue weighted by atomic mass is 10.2. The maximum atomic E-state index is 12.3. The van der Waals surface area contributed by atoms with Gasteiger partial charge in [-0.25, -0.2) is 17.9 Å². The molecule has 0 atom stereocenters. The SMILES string of the molecule is N#Cc1ccc(Oc2ccc(S(=O)(=O)NCc3[nH]c(=O)[nH]c3O)cc2)cc1. The first kappa shape index (κ1) is 18.2. The van der Waals surface area contributed by atoms with Crippen LogP contribution >= 0.6 is 0 Å². The van der Waals surface area contributed by atoms with Crippen molar-refractivity contribution < 1.29 is 18.3 Å². The molecule has 27 heavy (non-hydrogen) atoms. The summed E-state index contributed by atoms with van der Waals surface area (Å²) in [5.74, 6) is 0.509. The molecule has 4 N–H and O–H groups in total. The van der Waals surface area contributed by atoms with Crippen molar-refractivity contribution in [3.63, 3.8) is 0 Å². The number of hydrogen-bond acceptors (Lipinski definition) is 6. The Morgan fingerprint density at radius 1 is 1.04 bits per heavy atom. The normalized spacial score (nSPS) is 11.1. The molecule has 2 aromatic carbocycles. The Kier molecular flexibility index (Phi) is 4.98. The van der Waals surface area contributed by atoms with E-state index in [0.717, 1.165) is 0 Å². The maximum absolute atomic E-state index is 12.3. The van der Waals surface area contributed by atoms with Crippen LogP contribution in [0.15, 0.2) is 58.2 Å². The zero-order valence-electron chi connectivity index (χ0n) is 13.8. The molecular formula is C17H14N4O5S. The van der Waals surface area contributed by atoms with Gasteiger partial charge in [-0.2, -0.15) is 5.26 Å². The van der Waals surface area contributed by atoms with Crippen LogP contribution in [0.1, 0.15) is 11.3 Å². The van der Waals surface area contributed by atoms with Crippen LogP contribution < -0.4 is 15.1 Å². The van der Waals surface area contributed by atoms with Crippen molar-refractivity contribution in [2.45, 2.75) is 11.4 Å². The van der Waals surface area contributed by atoms with Crippen LogP contribution in [0.2, 0.25) is 0 Å². The molecule has 9 nitrogen and oxygen atoms in total. The van der Waals surface area contributed by atoms with Crippen molar-refractivity contribution in [2.75, 3.05) is 0 Å². The molecule has 138 valence electrons. The van der Waals surface area contributed by atoms with Gasteiger partial charge in [0.25, 0.3) is 0 Å². The fourth-order valence-corrected chi connectivity index (χ4v) is 3.20. The first-order valence-corrected chi connectivity index (χ1v) is 9.13. The van der Waals surface area contributed by atoms with Gasteiger partial charge in [-0.1, -0.05) is 0 Å². The van der Waals surface area contributed by atoms with E-state index in [1.54, 1.807) is 24.3 Å². The van der Waals surface area contributed by atoms with Crippen LogP contribution in [-0.2, 0) is 16.6 Å². The predicted molar refractivity (Wildman–Crippen MR) is 94.8 cm³/mol. The quantitative estimate of drug-likeness (QED) is 0.505. The number of nitrogens with one attached hydrogen (secondary N) is 3. The molecule has 3 aromatic rings. The van der Waals surface area contributed by atoms with Gasteiger partial charge in [-0.3, -0.25) is 4.98 Å². The number of aromatic hydroxyl groups is 1. The summed E-state index contributed by atoms with van der Waals surface area (Å²) in [6.07, 6.45) is 0. The number of aromatic nitrogens is 2. The summed E-state index contributed by atoms with van der Waals surface area (Å²) in [6.45, 7) is -0.281. The highest BCUT2D eigenvalue weighted by Gasteiger charge is 2.16. The van der Waals surface area contributed by atoms with E-state index >= 15 is 0 Å². The van der Waals surface area contributed by atoms with Gasteiger partial charge in [-0.15, -0.1) is 0 Å². The second-order valence-electron chi connectivity index (χ2n) is 5.44. The molecule has 0 spiro atoms. The molecule has 0 bridgehead atoms. The number of aromatic amines is 2. The van der Waals surface area contributed by atoms with Gasteiger partial charge >= 0.3 is 5.69 Å². The van der Waals surface area contributed by atoms with E-state index in [-0.39, 0.29) is 17.1 Å². The minimum absolute atomic E-state index is 0.00736. The highest BCUT2D eigenvalue weighted by molar-refractivity contribution is 7.89. The Hall–Kier alpha value is -3.55. The lowest BCUT2D eigenvalue weighted by Crippen LogP contribution is -2.23. The number of nitrogens with zero attached hydrogens (tertiary/aromatic N) is 1. The van der Waals surface area contributed by atoms with Gasteiger partial charge < -0.3 is 14.8 Å². The Bertz CT molecular complexity index is 1140. The summed E-state index contributed by atoms with van der Waals surface area (Å²) >= 11 is 0. The van der Waals surface area contributed by atoms with Crippen molar-refractivity contribution >= 4 is 10.0 Å². The first-order valence-electron chi connectivity index (χ1n) is 7.65. The molecule has 0 aliphatic heterocycles. The number of nitriles is 1. The van der Waals surface area contributed by atoms with E-state index < -0.39 is 21.6 Å². The van der Waals surface area contributed by atoms with Crippen LogP contribution in [0.5, 0.6) is 17.4 Å². The minimum Gasteiger partial charge on any atom is -0.493 e. The summed E-state index contributed by atoms with van der Waals surface area (Å²) in [6, 6.07) is 14.2. The van der Waals surface area contributed by atoms with E-state index in [1.165, 1.54) is 24.3 Å². The highest BCUT2D eigenvalue weighted by Crippen LogP contribution is 2.23. The predicted octanol–water partition coefficient (Wildman–Crippen LogP) is 1.55. The first-order chi connectivity index (χ1) is 12.9. The molecule has 0 radical (unpaired) electrons. The van der Waals surface area contributed by atoms with Crippen molar-refractivity contribution in [3.05, 3.63) is 70.3 Å². The summed E-state index contributed by atoms with van der Waals surface area (Å²) < 4.78 is 32.5. The average Bonchev–Trinajstić information content (AvgIpc) is 2.98. The van der Waals surface area contributed by atoms with Crippen molar-refractivity contribution in [3.8, 4) is 23.4 Å². The standard InChI is InChI=1S/C17H14N4O5S/c18-9-11-1-3-12(4-2-11)26-13-5-7-14(8-6-13)27(24,25)19-10-15-16(22)21-17(23)20-15/h1-8,19,22H,10H2,(H2,20,21,23). The molecule has 0 aliphatic rings. The molecule has 0 aliphatic carbocycles. The molecule has 0 saturated carbocycles. The van der Waals surface area contributed by atoms with Gasteiger partial charge in [0.2, 0.25) is 15.9 Å². The summed E-state index contributed by atoms with van der Waals surface area (Å²) in [4.78, 5) is 15.4. The molecule has 10 heteroatoms. The largest absolute Gasteiger partial charge is 0.493 e. The molecule has 0 amide bonds. The van der Waals surface area contributed by atoms with Crippen LogP contribution in [0.4, 0.5) is 0 Å². The Labute approximate surface area is 153 Å². The lowest BCUT2D eigenvalue weighted by molar-refractivity contribution is 0.447. The number of H-pyrrole nitrogens is 2. The van der Waals surface area contributed by atoms with E-state index in [4.69, 9.17) is 10.00 Å². The number of rotatable bonds is 6. The zero-order chi connectivity index (χ0) is 19.4. The van der Waals surface area contributed by atoms with E-state index in [9.17, 15) is 18.3 Å². The highest BCUT2D eigenvalue weighted by atomic mass is 32.2. The van der Waals surface area contributed by atoms with Gasteiger partial charge in [0.05, 0.1) is 28.8 Å². The molecule has 3 rings (SSSR count). The summed E-state index contributed by atoms with van der Waals surface area (Å²) in [5.41, 5.74) is -0.0972. The third-order valence-corrected chi connectivity index (χ3v) is 4.99. The Morgan fingerprint density at radius 3 is 2.15 bits per heavy atom. The number of hydrogen-bond donors (Lipinski definition) is 4. The van der Waals surface area contributed by atoms with Crippen molar-refractivity contribution in [2.24, 2.45) is 0 Å². The van der Waals surface area contributed by atoms with Gasteiger partial charge in [0, 0.05) is 0 Å². The zero-order valence-corrected chi connectivity index (χ0v) is 14.6. The molecule has 1 aromatic heterocycles. The molecule has 0 saturated heterocycles. The third-order valence-electron chi connectivity index (χ3n) is 3.57. The maximum Gasteiger partial charge on any atom is 0.326 e. The lowest BCUT2D eigenvalue weighted by Gasteiger charge is -2.08. The van der Waals surface area contributed by atoms with Gasteiger partial charge in [0.1, 0.15) is 11.5 Å². The topological polar surface area (TPSA) is 148 Å². The number of ether oxygens (including phenoxy) is 1. The van der Waals surface area contributed by atoms with E-state index in [2.05, 4.69) is 14.7 Å². The number of sulfonamides is 1. The fourth-order valence-electron chi connectivity index (χ4n) is 2.21. The third kappa shape index (κ3) is 4.35.